The molecule has 5 nitrogen and oxygen atoms in total. The van der Waals surface area contributed by atoms with Gasteiger partial charge >= 0.3 is 6.18 Å². The molecule has 3 aliphatic rings. The lowest BCUT2D eigenvalue weighted by Crippen LogP contribution is -2.34. The predicted molar refractivity (Wildman–Crippen MR) is 162 cm³/mol. The molecule has 1 aromatic carbocycles. The van der Waals surface area contributed by atoms with Gasteiger partial charge in [0.05, 0.1) is 28.9 Å². The molecule has 0 spiro atoms. The number of anilines is 1. The number of aliphatic imine (C=N–C) groups is 2. The fraction of sp³-hybridized carbons (Fsp3) is 0.531. The molecule has 4 heterocycles. The number of fused-ring (bicyclic) bond motifs is 1. The smallest absolute Gasteiger partial charge is 0.370 e. The van der Waals surface area contributed by atoms with Crippen LogP contribution in [0, 0.1) is 5.92 Å². The van der Waals surface area contributed by atoms with Gasteiger partial charge in [0.2, 0.25) is 0 Å². The van der Waals surface area contributed by atoms with Crippen molar-refractivity contribution in [2.75, 3.05) is 24.5 Å². The summed E-state index contributed by atoms with van der Waals surface area (Å²) in [5.41, 5.74) is 4.22. The standard InChI is InChI=1S/C32H39ClF3N5/c1-22-8-7-10-29(39-28-16-14-26(21-38-28)41-18-5-6-19-41)40-31-23(9-3-2-4-17-37-30(22)31)11-12-24-20-25(32(34,35)36)13-15-27(24)33/h13-16,20-22H,2-12,17-19H2,1H3,(H,38,39,40). The molecular weight excluding hydrogens is 547 g/mol. The van der Waals surface area contributed by atoms with E-state index in [0.29, 0.717) is 29.2 Å². The van der Waals surface area contributed by atoms with Gasteiger partial charge in [-0.2, -0.15) is 13.2 Å². The van der Waals surface area contributed by atoms with E-state index < -0.39 is 11.7 Å². The van der Waals surface area contributed by atoms with Gasteiger partial charge in [0, 0.05) is 37.0 Å². The second kappa shape index (κ2) is 13.4. The quantitative estimate of drug-likeness (QED) is 0.382. The Morgan fingerprint density at radius 3 is 2.59 bits per heavy atom. The van der Waals surface area contributed by atoms with Crippen LogP contribution in [0.25, 0.3) is 0 Å². The molecular formula is C32H39ClF3N5. The van der Waals surface area contributed by atoms with Gasteiger partial charge in [0.15, 0.2) is 5.82 Å². The maximum absolute atomic E-state index is 13.4. The van der Waals surface area contributed by atoms with Crippen molar-refractivity contribution in [1.82, 2.24) is 10.3 Å². The molecule has 0 amide bonds. The monoisotopic (exact) mass is 585 g/mol. The zero-order valence-corrected chi connectivity index (χ0v) is 24.5. The summed E-state index contributed by atoms with van der Waals surface area (Å²) >= 11 is 6.37. The molecule has 0 radical (unpaired) electrons. The van der Waals surface area contributed by atoms with Gasteiger partial charge in [0.1, 0.15) is 5.84 Å². The van der Waals surface area contributed by atoms with Crippen LogP contribution in [0.4, 0.5) is 24.7 Å². The fourth-order valence-electron chi connectivity index (χ4n) is 5.99. The van der Waals surface area contributed by atoms with Crippen molar-refractivity contribution in [3.8, 4) is 0 Å². The molecule has 2 fully saturated rings. The van der Waals surface area contributed by atoms with Crippen LogP contribution in [0.3, 0.4) is 0 Å². The molecule has 220 valence electrons. The van der Waals surface area contributed by atoms with Crippen molar-refractivity contribution >= 4 is 34.7 Å². The van der Waals surface area contributed by atoms with E-state index in [-0.39, 0.29) is 5.92 Å². The summed E-state index contributed by atoms with van der Waals surface area (Å²) in [6.07, 6.45) is 7.73. The summed E-state index contributed by atoms with van der Waals surface area (Å²) in [7, 11) is 0. The van der Waals surface area contributed by atoms with Gasteiger partial charge in [-0.15, -0.1) is 0 Å². The Kier molecular flexibility index (Phi) is 9.68. The number of benzene rings is 1. The van der Waals surface area contributed by atoms with E-state index >= 15 is 0 Å². The van der Waals surface area contributed by atoms with Crippen molar-refractivity contribution in [1.29, 1.82) is 0 Å². The summed E-state index contributed by atoms with van der Waals surface area (Å²) in [6, 6.07) is 7.67. The van der Waals surface area contributed by atoms with Gasteiger partial charge in [-0.05, 0) is 99.3 Å². The van der Waals surface area contributed by atoms with Crippen LogP contribution >= 0.6 is 11.6 Å². The Morgan fingerprint density at radius 1 is 1.00 bits per heavy atom. The Labute approximate surface area is 246 Å². The number of halogens is 4. The fourth-order valence-corrected chi connectivity index (χ4v) is 6.20. The number of nitrogens with zero attached hydrogens (tertiary/aromatic N) is 4. The first-order valence-corrected chi connectivity index (χ1v) is 15.3. The SMILES string of the molecule is CC1CCCC(=Nc2ccc(N3CCCC3)cn2)NC2=C(CCc3cc(C(F)(F)F)ccc3Cl)CCCCCN=C21. The number of aromatic nitrogens is 1. The van der Waals surface area contributed by atoms with Crippen molar-refractivity contribution in [2.45, 2.75) is 83.7 Å². The first-order chi connectivity index (χ1) is 19.8. The molecule has 41 heavy (non-hydrogen) atoms. The van der Waals surface area contributed by atoms with Crippen LogP contribution in [-0.4, -0.2) is 36.2 Å². The number of allylic oxidation sites excluding steroid dienone is 2. The normalized spacial score (nSPS) is 21.8. The number of aryl methyl sites for hydroxylation is 1. The molecule has 1 atom stereocenters. The van der Waals surface area contributed by atoms with Crippen molar-refractivity contribution < 1.29 is 13.2 Å². The first-order valence-electron chi connectivity index (χ1n) is 15.0. The van der Waals surface area contributed by atoms with Gasteiger partial charge < -0.3 is 10.2 Å². The van der Waals surface area contributed by atoms with Crippen LogP contribution in [0.15, 0.2) is 57.8 Å². The molecule has 1 aromatic heterocycles. The van der Waals surface area contributed by atoms with E-state index in [1.807, 2.05) is 12.3 Å². The average molecular weight is 586 g/mol. The third kappa shape index (κ3) is 7.70. The maximum Gasteiger partial charge on any atom is 0.416 e. The van der Waals surface area contributed by atoms with E-state index in [4.69, 9.17) is 21.6 Å². The van der Waals surface area contributed by atoms with Crippen LogP contribution in [0.1, 0.15) is 82.3 Å². The average Bonchev–Trinajstić information content (AvgIpc) is 3.50. The third-order valence-corrected chi connectivity index (χ3v) is 8.71. The molecule has 0 aliphatic carbocycles. The van der Waals surface area contributed by atoms with E-state index in [2.05, 4.69) is 28.2 Å². The zero-order valence-electron chi connectivity index (χ0n) is 23.7. The van der Waals surface area contributed by atoms with E-state index in [1.54, 1.807) is 0 Å². The summed E-state index contributed by atoms with van der Waals surface area (Å²) in [6.45, 7) is 5.14. The lowest BCUT2D eigenvalue weighted by atomic mass is 9.89. The minimum Gasteiger partial charge on any atom is -0.370 e. The molecule has 2 saturated heterocycles. The van der Waals surface area contributed by atoms with E-state index in [0.717, 1.165) is 93.6 Å². The van der Waals surface area contributed by atoms with Gasteiger partial charge in [-0.25, -0.2) is 9.98 Å². The molecule has 0 saturated carbocycles. The molecule has 0 bridgehead atoms. The Bertz CT molecular complexity index is 1290. The lowest BCUT2D eigenvalue weighted by Gasteiger charge is -2.26. The van der Waals surface area contributed by atoms with Gasteiger partial charge in [-0.3, -0.25) is 4.99 Å². The van der Waals surface area contributed by atoms with Crippen LogP contribution < -0.4 is 10.2 Å². The number of rotatable bonds is 5. The molecule has 3 aliphatic heterocycles. The topological polar surface area (TPSA) is 52.9 Å². The Hall–Kier alpha value is -2.87. The number of pyridine rings is 1. The molecule has 2 aromatic rings. The lowest BCUT2D eigenvalue weighted by molar-refractivity contribution is -0.137. The molecule has 9 heteroatoms. The van der Waals surface area contributed by atoms with Crippen molar-refractivity contribution in [3.63, 3.8) is 0 Å². The largest absolute Gasteiger partial charge is 0.416 e. The van der Waals surface area contributed by atoms with Crippen LogP contribution in [-0.2, 0) is 12.6 Å². The first kappa shape index (κ1) is 29.6. The number of nitrogens with one attached hydrogen (secondary N) is 1. The summed E-state index contributed by atoms with van der Waals surface area (Å²) in [4.78, 5) is 17.0. The minimum atomic E-state index is -4.40. The van der Waals surface area contributed by atoms with Crippen LogP contribution in [0.2, 0.25) is 5.02 Å². The highest BCUT2D eigenvalue weighted by Crippen LogP contribution is 2.34. The van der Waals surface area contributed by atoms with E-state index in [9.17, 15) is 13.2 Å². The summed E-state index contributed by atoms with van der Waals surface area (Å²) in [5.74, 6) is 1.81. The molecule has 1 N–H and O–H groups in total. The summed E-state index contributed by atoms with van der Waals surface area (Å²) < 4.78 is 40.2. The van der Waals surface area contributed by atoms with Crippen molar-refractivity contribution in [2.24, 2.45) is 15.9 Å². The van der Waals surface area contributed by atoms with E-state index in [1.165, 1.54) is 30.5 Å². The second-order valence-electron chi connectivity index (χ2n) is 11.4. The third-order valence-electron chi connectivity index (χ3n) is 8.34. The van der Waals surface area contributed by atoms with Crippen molar-refractivity contribution in [3.05, 3.63) is 63.9 Å². The Balaban J connectivity index is 1.45. The number of alkyl halides is 3. The van der Waals surface area contributed by atoms with Crippen LogP contribution in [0.5, 0.6) is 0 Å². The number of hydrogen-bond donors (Lipinski definition) is 1. The van der Waals surface area contributed by atoms with Gasteiger partial charge in [0.25, 0.3) is 0 Å². The predicted octanol–water partition coefficient (Wildman–Crippen LogP) is 8.70. The highest BCUT2D eigenvalue weighted by atomic mass is 35.5. The Morgan fingerprint density at radius 2 is 1.83 bits per heavy atom. The zero-order chi connectivity index (χ0) is 28.8. The second-order valence-corrected chi connectivity index (χ2v) is 11.8. The van der Waals surface area contributed by atoms with Gasteiger partial charge in [-0.1, -0.05) is 24.9 Å². The maximum atomic E-state index is 13.4. The highest BCUT2D eigenvalue weighted by molar-refractivity contribution is 6.31. The highest BCUT2D eigenvalue weighted by Gasteiger charge is 2.31. The molecule has 1 unspecified atom stereocenters. The minimum absolute atomic E-state index is 0.280. The number of amidine groups is 1. The molecule has 5 rings (SSSR count). The number of hydrogen-bond acceptors (Lipinski definition) is 4. The summed E-state index contributed by atoms with van der Waals surface area (Å²) in [5, 5.41) is 4.04.